The van der Waals surface area contributed by atoms with Gasteiger partial charge in [-0.2, -0.15) is 0 Å². The molecule has 0 radical (unpaired) electrons. The molecule has 0 atom stereocenters. The van der Waals surface area contributed by atoms with Crippen molar-refractivity contribution in [1.82, 2.24) is 15.5 Å². The molecular weight excluding hydrogens is 521 g/mol. The van der Waals surface area contributed by atoms with E-state index < -0.39 is 0 Å². The second kappa shape index (κ2) is 13.0. The molecule has 2 N–H and O–H groups in total. The van der Waals surface area contributed by atoms with Crippen LogP contribution in [-0.2, 0) is 13.1 Å². The Morgan fingerprint density at radius 2 is 1.79 bits per heavy atom. The van der Waals surface area contributed by atoms with Crippen LogP contribution < -0.4 is 15.5 Å². The van der Waals surface area contributed by atoms with Gasteiger partial charge in [-0.1, -0.05) is 48.6 Å². The first-order valence-electron chi connectivity index (χ1n) is 12.0. The number of halogens is 1. The molecule has 1 fully saturated rings. The van der Waals surface area contributed by atoms with Crippen LogP contribution in [-0.4, -0.2) is 49.6 Å². The van der Waals surface area contributed by atoms with E-state index in [1.54, 1.807) is 0 Å². The van der Waals surface area contributed by atoms with E-state index in [2.05, 4.69) is 95.0 Å². The third kappa shape index (κ3) is 7.47. The van der Waals surface area contributed by atoms with E-state index in [9.17, 15) is 0 Å². The lowest BCUT2D eigenvalue weighted by Gasteiger charge is -2.33. The Morgan fingerprint density at radius 1 is 1.03 bits per heavy atom. The standard InChI is InChI=1S/C27H37N5.HI/c1-3-28-27(29-20-23-10-8-12-26(19-23)32-15-6-7-16-32)30-25-13-17-31(18-14-25)21-24-11-5-4-9-22(24)2;/h4-12,19,25H,3,13-18,20-21H2,1-2H3,(H2,28,29,30);1H. The molecule has 2 aromatic carbocycles. The predicted octanol–water partition coefficient (Wildman–Crippen LogP) is 4.71. The van der Waals surface area contributed by atoms with E-state index >= 15 is 0 Å². The fourth-order valence-corrected chi connectivity index (χ4v) is 4.49. The number of aryl methyl sites for hydroxylation is 1. The van der Waals surface area contributed by atoms with Gasteiger partial charge in [-0.25, -0.2) is 4.99 Å². The highest BCUT2D eigenvalue weighted by Gasteiger charge is 2.20. The Kier molecular flexibility index (Phi) is 10.1. The summed E-state index contributed by atoms with van der Waals surface area (Å²) in [4.78, 5) is 9.84. The summed E-state index contributed by atoms with van der Waals surface area (Å²) in [6, 6.07) is 18.0. The van der Waals surface area contributed by atoms with Gasteiger partial charge >= 0.3 is 0 Å². The van der Waals surface area contributed by atoms with Crippen LogP contribution in [0.2, 0.25) is 0 Å². The quantitative estimate of drug-likeness (QED) is 0.223. The third-order valence-electron chi connectivity index (χ3n) is 6.44. The Hall–Kier alpha value is -2.06. The summed E-state index contributed by atoms with van der Waals surface area (Å²) in [5, 5.41) is 7.12. The van der Waals surface area contributed by atoms with Crippen molar-refractivity contribution in [2.45, 2.75) is 45.8 Å². The van der Waals surface area contributed by atoms with Crippen molar-refractivity contribution in [3.8, 4) is 0 Å². The SMILES string of the molecule is CCNC(=NCc1cccc(N2CC=CC2)c1)NC1CCN(Cc2ccccc2C)CC1.I. The van der Waals surface area contributed by atoms with Gasteiger partial charge in [-0.05, 0) is 55.5 Å². The van der Waals surface area contributed by atoms with E-state index in [-0.39, 0.29) is 24.0 Å². The van der Waals surface area contributed by atoms with Gasteiger partial charge in [0.15, 0.2) is 5.96 Å². The molecule has 0 bridgehead atoms. The van der Waals surface area contributed by atoms with Crippen molar-refractivity contribution in [1.29, 1.82) is 0 Å². The van der Waals surface area contributed by atoms with E-state index in [0.29, 0.717) is 12.6 Å². The first kappa shape index (κ1) is 25.6. The minimum atomic E-state index is 0. The zero-order chi connectivity index (χ0) is 22.2. The smallest absolute Gasteiger partial charge is 0.191 e. The van der Waals surface area contributed by atoms with Gasteiger partial charge in [0.05, 0.1) is 6.54 Å². The van der Waals surface area contributed by atoms with Crippen LogP contribution in [0.3, 0.4) is 0 Å². The number of aliphatic imine (C=N–C) groups is 1. The summed E-state index contributed by atoms with van der Waals surface area (Å²) in [5.41, 5.74) is 5.36. The van der Waals surface area contributed by atoms with Crippen LogP contribution >= 0.6 is 24.0 Å². The van der Waals surface area contributed by atoms with Crippen LogP contribution in [0.25, 0.3) is 0 Å². The molecule has 0 unspecified atom stereocenters. The Morgan fingerprint density at radius 3 is 2.52 bits per heavy atom. The highest BCUT2D eigenvalue weighted by molar-refractivity contribution is 14.0. The molecule has 1 saturated heterocycles. The molecule has 6 heteroatoms. The summed E-state index contributed by atoms with van der Waals surface area (Å²) in [7, 11) is 0. The fourth-order valence-electron chi connectivity index (χ4n) is 4.49. The Labute approximate surface area is 216 Å². The van der Waals surface area contributed by atoms with Gasteiger partial charge in [0.2, 0.25) is 0 Å². The maximum absolute atomic E-state index is 4.89. The average molecular weight is 560 g/mol. The first-order chi connectivity index (χ1) is 15.7. The zero-order valence-corrected chi connectivity index (χ0v) is 22.3. The molecule has 2 aliphatic rings. The van der Waals surface area contributed by atoms with Crippen molar-refractivity contribution < 1.29 is 0 Å². The number of hydrogen-bond donors (Lipinski definition) is 2. The number of piperidine rings is 1. The molecule has 2 heterocycles. The molecule has 2 aromatic rings. The minimum Gasteiger partial charge on any atom is -0.364 e. The lowest BCUT2D eigenvalue weighted by Crippen LogP contribution is -2.48. The fraction of sp³-hybridized carbons (Fsp3) is 0.444. The summed E-state index contributed by atoms with van der Waals surface area (Å²) in [5.74, 6) is 0.929. The monoisotopic (exact) mass is 559 g/mol. The molecule has 4 rings (SSSR count). The first-order valence-corrected chi connectivity index (χ1v) is 12.0. The lowest BCUT2D eigenvalue weighted by atomic mass is 10.0. The number of anilines is 1. The number of nitrogens with zero attached hydrogens (tertiary/aromatic N) is 3. The van der Waals surface area contributed by atoms with E-state index in [1.165, 1.54) is 22.4 Å². The van der Waals surface area contributed by atoms with Crippen molar-refractivity contribution in [2.24, 2.45) is 4.99 Å². The van der Waals surface area contributed by atoms with Crippen molar-refractivity contribution in [2.75, 3.05) is 37.6 Å². The molecule has 178 valence electrons. The van der Waals surface area contributed by atoms with Crippen molar-refractivity contribution in [3.63, 3.8) is 0 Å². The molecule has 0 aromatic heterocycles. The normalized spacial score (nSPS) is 17.2. The van der Waals surface area contributed by atoms with E-state index in [0.717, 1.165) is 58.1 Å². The molecule has 0 aliphatic carbocycles. The summed E-state index contributed by atoms with van der Waals surface area (Å²) >= 11 is 0. The van der Waals surface area contributed by atoms with Crippen LogP contribution in [0, 0.1) is 6.92 Å². The number of nitrogens with one attached hydrogen (secondary N) is 2. The van der Waals surface area contributed by atoms with Gasteiger partial charge in [0.25, 0.3) is 0 Å². The maximum atomic E-state index is 4.89. The molecule has 0 amide bonds. The molecule has 2 aliphatic heterocycles. The van der Waals surface area contributed by atoms with Gasteiger partial charge in [-0.3, -0.25) is 4.90 Å². The number of benzene rings is 2. The van der Waals surface area contributed by atoms with Gasteiger partial charge in [0, 0.05) is 51.0 Å². The maximum Gasteiger partial charge on any atom is 0.191 e. The Balaban J connectivity index is 0.00000306. The molecule has 33 heavy (non-hydrogen) atoms. The van der Waals surface area contributed by atoms with E-state index in [4.69, 9.17) is 4.99 Å². The lowest BCUT2D eigenvalue weighted by molar-refractivity contribution is 0.198. The number of guanidine groups is 1. The van der Waals surface area contributed by atoms with E-state index in [1.807, 2.05) is 0 Å². The number of rotatable bonds is 7. The highest BCUT2D eigenvalue weighted by atomic mass is 127. The van der Waals surface area contributed by atoms with Crippen LogP contribution in [0.15, 0.2) is 65.7 Å². The van der Waals surface area contributed by atoms with Crippen LogP contribution in [0.1, 0.15) is 36.5 Å². The highest BCUT2D eigenvalue weighted by Crippen LogP contribution is 2.19. The number of likely N-dealkylation sites (tertiary alicyclic amines) is 1. The number of hydrogen-bond acceptors (Lipinski definition) is 3. The summed E-state index contributed by atoms with van der Waals surface area (Å²) in [6.07, 6.45) is 6.75. The molecule has 5 nitrogen and oxygen atoms in total. The molecule has 0 spiro atoms. The summed E-state index contributed by atoms with van der Waals surface area (Å²) in [6.45, 7) is 11.2. The van der Waals surface area contributed by atoms with Gasteiger partial charge in [0.1, 0.15) is 0 Å². The third-order valence-corrected chi connectivity index (χ3v) is 6.44. The predicted molar refractivity (Wildman–Crippen MR) is 151 cm³/mol. The van der Waals surface area contributed by atoms with Gasteiger partial charge in [-0.15, -0.1) is 24.0 Å². The minimum absolute atomic E-state index is 0. The van der Waals surface area contributed by atoms with Crippen LogP contribution in [0.4, 0.5) is 5.69 Å². The second-order valence-electron chi connectivity index (χ2n) is 8.86. The largest absolute Gasteiger partial charge is 0.364 e. The second-order valence-corrected chi connectivity index (χ2v) is 8.86. The Bertz CT molecular complexity index is 926. The molecular formula is C27H38IN5. The van der Waals surface area contributed by atoms with Crippen LogP contribution in [0.5, 0.6) is 0 Å². The van der Waals surface area contributed by atoms with Crippen molar-refractivity contribution >= 4 is 35.6 Å². The molecule has 0 saturated carbocycles. The summed E-state index contributed by atoms with van der Waals surface area (Å²) < 4.78 is 0. The van der Waals surface area contributed by atoms with Gasteiger partial charge < -0.3 is 15.5 Å². The average Bonchev–Trinajstić information content (AvgIpc) is 3.36. The zero-order valence-electron chi connectivity index (χ0n) is 20.0. The van der Waals surface area contributed by atoms with Crippen molar-refractivity contribution in [3.05, 3.63) is 77.4 Å². The topological polar surface area (TPSA) is 42.9 Å².